The van der Waals surface area contributed by atoms with Gasteiger partial charge in [0.15, 0.2) is 0 Å². The van der Waals surface area contributed by atoms with Gasteiger partial charge in [-0.05, 0) is 24.3 Å². The standard InChI is InChI=1S/C19H16N6O2S/c20-7-13-2-1-3-14(6-13)19(27)24-9-15-4-5-23-25(15)16(10-24)8-21-18(26)17-11-28-12-22-17/h1-6,11-12,16H,8-10H2,(H,21,26). The van der Waals surface area contributed by atoms with Crippen LogP contribution in [-0.4, -0.2) is 44.6 Å². The van der Waals surface area contributed by atoms with Gasteiger partial charge < -0.3 is 10.2 Å². The van der Waals surface area contributed by atoms with Crippen LogP contribution >= 0.6 is 11.3 Å². The summed E-state index contributed by atoms with van der Waals surface area (Å²) in [7, 11) is 0. The van der Waals surface area contributed by atoms with Crippen LogP contribution in [0.15, 0.2) is 47.4 Å². The molecule has 28 heavy (non-hydrogen) atoms. The quantitative estimate of drug-likeness (QED) is 0.730. The highest BCUT2D eigenvalue weighted by Gasteiger charge is 2.29. The van der Waals surface area contributed by atoms with Crippen molar-refractivity contribution in [2.24, 2.45) is 0 Å². The van der Waals surface area contributed by atoms with Gasteiger partial charge in [-0.15, -0.1) is 11.3 Å². The first kappa shape index (κ1) is 17.9. The Kier molecular flexibility index (Phi) is 4.87. The van der Waals surface area contributed by atoms with Gasteiger partial charge in [0.25, 0.3) is 11.8 Å². The van der Waals surface area contributed by atoms with Gasteiger partial charge in [-0.2, -0.15) is 10.4 Å². The number of hydrogen-bond donors (Lipinski definition) is 1. The maximum absolute atomic E-state index is 13.0. The summed E-state index contributed by atoms with van der Waals surface area (Å²) in [6, 6.07) is 10.4. The number of fused-ring (bicyclic) bond motifs is 1. The maximum atomic E-state index is 13.0. The number of aromatic nitrogens is 3. The van der Waals surface area contributed by atoms with Gasteiger partial charge in [-0.25, -0.2) is 4.98 Å². The molecule has 1 unspecified atom stereocenters. The van der Waals surface area contributed by atoms with E-state index in [0.29, 0.717) is 36.5 Å². The second-order valence-electron chi connectivity index (χ2n) is 6.38. The minimum absolute atomic E-state index is 0.152. The molecular weight excluding hydrogens is 376 g/mol. The lowest BCUT2D eigenvalue weighted by molar-refractivity contribution is 0.0666. The Balaban J connectivity index is 1.51. The average molecular weight is 392 g/mol. The van der Waals surface area contributed by atoms with E-state index in [2.05, 4.69) is 21.5 Å². The molecular formula is C19H16N6O2S. The van der Waals surface area contributed by atoms with Crippen LogP contribution in [0.25, 0.3) is 0 Å². The fraction of sp³-hybridized carbons (Fsp3) is 0.211. The predicted molar refractivity (Wildman–Crippen MR) is 102 cm³/mol. The number of hydrogen-bond acceptors (Lipinski definition) is 6. The number of nitriles is 1. The molecule has 2 amide bonds. The van der Waals surface area contributed by atoms with Crippen molar-refractivity contribution >= 4 is 23.2 Å². The number of carbonyl (C=O) groups excluding carboxylic acids is 2. The van der Waals surface area contributed by atoms with E-state index in [1.54, 1.807) is 46.3 Å². The van der Waals surface area contributed by atoms with Crippen LogP contribution in [0.1, 0.15) is 38.1 Å². The van der Waals surface area contributed by atoms with Crippen molar-refractivity contribution in [1.82, 2.24) is 25.0 Å². The van der Waals surface area contributed by atoms with E-state index in [4.69, 9.17) is 5.26 Å². The maximum Gasteiger partial charge on any atom is 0.270 e. The van der Waals surface area contributed by atoms with Gasteiger partial charge in [-0.3, -0.25) is 14.3 Å². The molecule has 4 rings (SSSR count). The third-order valence-electron chi connectivity index (χ3n) is 4.57. The van der Waals surface area contributed by atoms with Crippen LogP contribution in [0, 0.1) is 11.3 Å². The largest absolute Gasteiger partial charge is 0.348 e. The monoisotopic (exact) mass is 392 g/mol. The van der Waals surface area contributed by atoms with Crippen molar-refractivity contribution in [3.05, 3.63) is 69.9 Å². The topological polar surface area (TPSA) is 104 Å². The number of benzene rings is 1. The second-order valence-corrected chi connectivity index (χ2v) is 7.10. The molecule has 0 radical (unpaired) electrons. The molecule has 9 heteroatoms. The van der Waals surface area contributed by atoms with E-state index >= 15 is 0 Å². The van der Waals surface area contributed by atoms with Gasteiger partial charge in [0.1, 0.15) is 5.69 Å². The number of thiazole rings is 1. The van der Waals surface area contributed by atoms with Crippen LogP contribution in [0.3, 0.4) is 0 Å². The summed E-state index contributed by atoms with van der Waals surface area (Å²) in [5.41, 5.74) is 3.79. The van der Waals surface area contributed by atoms with E-state index in [1.807, 2.05) is 10.7 Å². The third kappa shape index (κ3) is 3.50. The molecule has 0 spiro atoms. The highest BCUT2D eigenvalue weighted by molar-refractivity contribution is 7.07. The zero-order chi connectivity index (χ0) is 19.5. The summed E-state index contributed by atoms with van der Waals surface area (Å²) in [4.78, 5) is 30.9. The molecule has 1 N–H and O–H groups in total. The number of rotatable bonds is 4. The second kappa shape index (κ2) is 7.62. The van der Waals surface area contributed by atoms with Gasteiger partial charge in [-0.1, -0.05) is 6.07 Å². The van der Waals surface area contributed by atoms with Gasteiger partial charge >= 0.3 is 0 Å². The number of nitrogens with one attached hydrogen (secondary N) is 1. The third-order valence-corrected chi connectivity index (χ3v) is 5.16. The molecule has 140 valence electrons. The van der Waals surface area contributed by atoms with Crippen molar-refractivity contribution in [2.75, 3.05) is 13.1 Å². The van der Waals surface area contributed by atoms with Crippen LogP contribution in [0.5, 0.6) is 0 Å². The number of nitrogens with zero attached hydrogens (tertiary/aromatic N) is 5. The molecule has 1 aromatic carbocycles. The first-order valence-corrected chi connectivity index (χ1v) is 9.58. The van der Waals surface area contributed by atoms with E-state index in [-0.39, 0.29) is 17.9 Å². The summed E-state index contributed by atoms with van der Waals surface area (Å²) < 4.78 is 1.84. The van der Waals surface area contributed by atoms with E-state index in [0.717, 1.165) is 5.69 Å². The fourth-order valence-corrected chi connectivity index (χ4v) is 3.76. The Labute approximate surface area is 165 Å². The molecule has 1 aliphatic heterocycles. The molecule has 0 saturated carbocycles. The Bertz CT molecular complexity index is 1050. The number of carbonyl (C=O) groups is 2. The number of amides is 2. The smallest absolute Gasteiger partial charge is 0.270 e. The lowest BCUT2D eigenvalue weighted by Crippen LogP contribution is -2.45. The summed E-state index contributed by atoms with van der Waals surface area (Å²) in [5.74, 6) is -0.402. The molecule has 3 heterocycles. The minimum atomic E-state index is -0.250. The molecule has 0 bridgehead atoms. The van der Waals surface area contributed by atoms with Crippen molar-refractivity contribution < 1.29 is 9.59 Å². The van der Waals surface area contributed by atoms with Gasteiger partial charge in [0.05, 0.1) is 35.4 Å². The Morgan fingerprint density at radius 2 is 2.25 bits per heavy atom. The molecule has 0 saturated heterocycles. The summed E-state index contributed by atoms with van der Waals surface area (Å²) in [5, 5.41) is 18.0. The molecule has 2 aromatic heterocycles. The Hall–Kier alpha value is -3.51. The van der Waals surface area contributed by atoms with Gasteiger partial charge in [0.2, 0.25) is 0 Å². The summed E-state index contributed by atoms with van der Waals surface area (Å²) >= 11 is 1.36. The first-order chi connectivity index (χ1) is 13.7. The zero-order valence-corrected chi connectivity index (χ0v) is 15.6. The zero-order valence-electron chi connectivity index (χ0n) is 14.8. The van der Waals surface area contributed by atoms with Crippen LogP contribution in [0.4, 0.5) is 0 Å². The molecule has 1 atom stereocenters. The first-order valence-electron chi connectivity index (χ1n) is 8.64. The van der Waals surface area contributed by atoms with Crippen LogP contribution < -0.4 is 5.32 Å². The Morgan fingerprint density at radius 1 is 1.36 bits per heavy atom. The predicted octanol–water partition coefficient (Wildman–Crippen LogP) is 1.84. The Morgan fingerprint density at radius 3 is 3.04 bits per heavy atom. The van der Waals surface area contributed by atoms with Crippen molar-refractivity contribution in [3.63, 3.8) is 0 Å². The minimum Gasteiger partial charge on any atom is -0.348 e. The van der Waals surface area contributed by atoms with Crippen molar-refractivity contribution in [3.8, 4) is 6.07 Å². The van der Waals surface area contributed by atoms with Gasteiger partial charge in [0, 0.05) is 30.2 Å². The average Bonchev–Trinajstić information content (AvgIpc) is 3.43. The molecule has 8 nitrogen and oxygen atoms in total. The van der Waals surface area contributed by atoms with Crippen LogP contribution in [-0.2, 0) is 6.54 Å². The lowest BCUT2D eigenvalue weighted by atomic mass is 10.1. The summed E-state index contributed by atoms with van der Waals surface area (Å²) in [6.07, 6.45) is 1.69. The van der Waals surface area contributed by atoms with E-state index in [1.165, 1.54) is 11.3 Å². The highest BCUT2D eigenvalue weighted by atomic mass is 32.1. The SMILES string of the molecule is N#Cc1cccc(C(=O)N2Cc3ccnn3C(CNC(=O)c3cscn3)C2)c1. The molecule has 3 aromatic rings. The van der Waals surface area contributed by atoms with E-state index in [9.17, 15) is 9.59 Å². The lowest BCUT2D eigenvalue weighted by Gasteiger charge is -2.34. The highest BCUT2D eigenvalue weighted by Crippen LogP contribution is 2.22. The summed E-state index contributed by atoms with van der Waals surface area (Å²) in [6.45, 7) is 1.15. The fourth-order valence-electron chi connectivity index (χ4n) is 3.22. The normalized spacial score (nSPS) is 15.5. The van der Waals surface area contributed by atoms with Crippen molar-refractivity contribution in [1.29, 1.82) is 5.26 Å². The van der Waals surface area contributed by atoms with E-state index < -0.39 is 0 Å². The molecule has 0 fully saturated rings. The molecule has 1 aliphatic rings. The van der Waals surface area contributed by atoms with Crippen molar-refractivity contribution in [2.45, 2.75) is 12.6 Å². The molecule has 0 aliphatic carbocycles. The van der Waals surface area contributed by atoms with Crippen LogP contribution in [0.2, 0.25) is 0 Å².